The highest BCUT2D eigenvalue weighted by Gasteiger charge is 2.17. The van der Waals surface area contributed by atoms with Crippen LogP contribution < -0.4 is 0 Å². The summed E-state index contributed by atoms with van der Waals surface area (Å²) in [7, 11) is 0. The van der Waals surface area contributed by atoms with E-state index in [1.165, 1.54) is 25.9 Å². The minimum Gasteiger partial charge on any atom is -0.393 e. The normalized spacial score (nSPS) is 25.7. The van der Waals surface area contributed by atoms with Gasteiger partial charge in [-0.3, -0.25) is 0 Å². The lowest BCUT2D eigenvalue weighted by atomic mass is 10.1. The number of likely N-dealkylation sites (tertiary alicyclic amines) is 2. The number of nitrogens with zero attached hydrogens (tertiary/aromatic N) is 2. The Morgan fingerprint density at radius 3 is 1.33 bits per heavy atom. The molecule has 0 aromatic heterocycles. The van der Waals surface area contributed by atoms with Gasteiger partial charge in [0.15, 0.2) is 0 Å². The lowest BCUT2D eigenvalue weighted by Crippen LogP contribution is -2.38. The lowest BCUT2D eigenvalue weighted by Gasteiger charge is -2.31. The molecule has 2 saturated heterocycles. The Labute approximate surface area is 111 Å². The van der Waals surface area contributed by atoms with E-state index < -0.39 is 0 Å². The van der Waals surface area contributed by atoms with Gasteiger partial charge in [-0.2, -0.15) is 0 Å². The highest BCUT2D eigenvalue weighted by Crippen LogP contribution is 2.12. The molecule has 4 nitrogen and oxygen atoms in total. The maximum atomic E-state index is 9.44. The molecule has 0 saturated carbocycles. The molecule has 0 radical (unpaired) electrons. The van der Waals surface area contributed by atoms with Gasteiger partial charge in [-0.1, -0.05) is 0 Å². The Bertz CT molecular complexity index is 198. The van der Waals surface area contributed by atoms with Crippen LogP contribution in [0.2, 0.25) is 0 Å². The second kappa shape index (κ2) is 7.43. The third-order valence-corrected chi connectivity index (χ3v) is 4.31. The summed E-state index contributed by atoms with van der Waals surface area (Å²) < 4.78 is 0. The second-order valence-corrected chi connectivity index (χ2v) is 5.85. The first-order valence-electron chi connectivity index (χ1n) is 7.55. The molecule has 4 heteroatoms. The summed E-state index contributed by atoms with van der Waals surface area (Å²) in [6, 6.07) is 0. The van der Waals surface area contributed by atoms with Crippen LogP contribution in [0.5, 0.6) is 0 Å². The van der Waals surface area contributed by atoms with Gasteiger partial charge in [-0.15, -0.1) is 0 Å². The molecule has 2 rings (SSSR count). The maximum absolute atomic E-state index is 9.44. The summed E-state index contributed by atoms with van der Waals surface area (Å²) in [5.41, 5.74) is 0. The summed E-state index contributed by atoms with van der Waals surface area (Å²) in [5.74, 6) is 0. The Hall–Kier alpha value is -0.160. The monoisotopic (exact) mass is 256 g/mol. The van der Waals surface area contributed by atoms with E-state index in [-0.39, 0.29) is 12.2 Å². The molecular weight excluding hydrogens is 228 g/mol. The Balaban J connectivity index is 1.48. The molecule has 2 N–H and O–H groups in total. The zero-order valence-electron chi connectivity index (χ0n) is 11.4. The van der Waals surface area contributed by atoms with E-state index in [0.717, 1.165) is 51.9 Å². The predicted octanol–water partition coefficient (Wildman–Crippen LogP) is 0.680. The van der Waals surface area contributed by atoms with Gasteiger partial charge in [0.1, 0.15) is 0 Å². The van der Waals surface area contributed by atoms with Crippen LogP contribution in [-0.4, -0.2) is 71.5 Å². The molecule has 0 spiro atoms. The smallest absolute Gasteiger partial charge is 0.0564 e. The van der Waals surface area contributed by atoms with E-state index in [1.54, 1.807) is 0 Å². The number of aliphatic hydroxyl groups excluding tert-OH is 2. The van der Waals surface area contributed by atoms with Crippen molar-refractivity contribution >= 4 is 0 Å². The SMILES string of the molecule is OC1CCN(CCCCN2CCC(O)CC2)CC1. The number of hydrogen-bond donors (Lipinski definition) is 2. The van der Waals surface area contributed by atoms with Crippen molar-refractivity contribution in [3.63, 3.8) is 0 Å². The Kier molecular flexibility index (Phi) is 5.89. The fourth-order valence-corrected chi connectivity index (χ4v) is 2.96. The summed E-state index contributed by atoms with van der Waals surface area (Å²) in [4.78, 5) is 4.96. The average molecular weight is 256 g/mol. The summed E-state index contributed by atoms with van der Waals surface area (Å²) in [6.07, 6.45) is 6.20. The van der Waals surface area contributed by atoms with Crippen LogP contribution >= 0.6 is 0 Å². The van der Waals surface area contributed by atoms with E-state index in [0.29, 0.717) is 0 Å². The van der Waals surface area contributed by atoms with E-state index in [2.05, 4.69) is 9.80 Å². The average Bonchev–Trinajstić information content (AvgIpc) is 2.39. The molecule has 2 aliphatic heterocycles. The molecule has 106 valence electrons. The van der Waals surface area contributed by atoms with Crippen molar-refractivity contribution in [1.82, 2.24) is 9.80 Å². The van der Waals surface area contributed by atoms with Crippen LogP contribution in [0.15, 0.2) is 0 Å². The van der Waals surface area contributed by atoms with Gasteiger partial charge >= 0.3 is 0 Å². The van der Waals surface area contributed by atoms with Gasteiger partial charge in [0.25, 0.3) is 0 Å². The number of hydrogen-bond acceptors (Lipinski definition) is 4. The topological polar surface area (TPSA) is 46.9 Å². The van der Waals surface area contributed by atoms with E-state index in [1.807, 2.05) is 0 Å². The highest BCUT2D eigenvalue weighted by atomic mass is 16.3. The third kappa shape index (κ3) is 4.84. The van der Waals surface area contributed by atoms with Gasteiger partial charge in [-0.05, 0) is 51.6 Å². The molecule has 0 aromatic carbocycles. The number of unbranched alkanes of at least 4 members (excludes halogenated alkanes) is 1. The summed E-state index contributed by atoms with van der Waals surface area (Å²) in [5, 5.41) is 18.9. The molecule has 0 amide bonds. The van der Waals surface area contributed by atoms with Crippen molar-refractivity contribution < 1.29 is 10.2 Å². The molecule has 0 unspecified atom stereocenters. The van der Waals surface area contributed by atoms with Gasteiger partial charge in [-0.25, -0.2) is 0 Å². The quantitative estimate of drug-likeness (QED) is 0.710. The largest absolute Gasteiger partial charge is 0.393 e. The van der Waals surface area contributed by atoms with Gasteiger partial charge in [0.05, 0.1) is 12.2 Å². The van der Waals surface area contributed by atoms with Crippen LogP contribution in [0.25, 0.3) is 0 Å². The standard InChI is InChI=1S/C14H28N2O2/c17-13-3-9-15(10-4-13)7-1-2-8-16-11-5-14(18)6-12-16/h13-14,17-18H,1-12H2. The van der Waals surface area contributed by atoms with Crippen LogP contribution in [0.4, 0.5) is 0 Å². The van der Waals surface area contributed by atoms with Gasteiger partial charge in [0, 0.05) is 26.2 Å². The number of aliphatic hydroxyl groups is 2. The Morgan fingerprint density at radius 1 is 0.667 bits per heavy atom. The summed E-state index contributed by atoms with van der Waals surface area (Å²) in [6.45, 7) is 6.63. The number of piperidine rings is 2. The zero-order valence-corrected chi connectivity index (χ0v) is 11.4. The molecular formula is C14H28N2O2. The molecule has 18 heavy (non-hydrogen) atoms. The first kappa shape index (κ1) is 14.3. The fourth-order valence-electron chi connectivity index (χ4n) is 2.96. The van der Waals surface area contributed by atoms with Crippen LogP contribution in [0.3, 0.4) is 0 Å². The van der Waals surface area contributed by atoms with Crippen molar-refractivity contribution in [1.29, 1.82) is 0 Å². The van der Waals surface area contributed by atoms with Crippen molar-refractivity contribution in [3.05, 3.63) is 0 Å². The molecule has 0 aromatic rings. The molecule has 2 aliphatic rings. The third-order valence-electron chi connectivity index (χ3n) is 4.31. The fraction of sp³-hybridized carbons (Fsp3) is 1.00. The predicted molar refractivity (Wildman–Crippen MR) is 72.6 cm³/mol. The van der Waals surface area contributed by atoms with Crippen molar-refractivity contribution in [2.24, 2.45) is 0 Å². The Morgan fingerprint density at radius 2 is 1.00 bits per heavy atom. The highest BCUT2D eigenvalue weighted by molar-refractivity contribution is 4.73. The number of rotatable bonds is 5. The maximum Gasteiger partial charge on any atom is 0.0564 e. The molecule has 2 fully saturated rings. The lowest BCUT2D eigenvalue weighted by molar-refractivity contribution is 0.0751. The molecule has 0 bridgehead atoms. The molecule has 0 aliphatic carbocycles. The second-order valence-electron chi connectivity index (χ2n) is 5.85. The van der Waals surface area contributed by atoms with Crippen molar-refractivity contribution in [2.45, 2.75) is 50.7 Å². The van der Waals surface area contributed by atoms with Crippen molar-refractivity contribution in [2.75, 3.05) is 39.3 Å². The van der Waals surface area contributed by atoms with Crippen LogP contribution in [0, 0.1) is 0 Å². The first-order valence-corrected chi connectivity index (χ1v) is 7.55. The molecule has 0 atom stereocenters. The van der Waals surface area contributed by atoms with Crippen LogP contribution in [-0.2, 0) is 0 Å². The van der Waals surface area contributed by atoms with E-state index in [4.69, 9.17) is 0 Å². The van der Waals surface area contributed by atoms with Crippen molar-refractivity contribution in [3.8, 4) is 0 Å². The van der Waals surface area contributed by atoms with Crippen LogP contribution in [0.1, 0.15) is 38.5 Å². The molecule has 2 heterocycles. The minimum atomic E-state index is -0.0546. The zero-order chi connectivity index (χ0) is 12.8. The van der Waals surface area contributed by atoms with E-state index >= 15 is 0 Å². The van der Waals surface area contributed by atoms with Gasteiger partial charge < -0.3 is 20.0 Å². The summed E-state index contributed by atoms with van der Waals surface area (Å²) >= 11 is 0. The minimum absolute atomic E-state index is 0.0546. The van der Waals surface area contributed by atoms with Gasteiger partial charge in [0.2, 0.25) is 0 Å². The van der Waals surface area contributed by atoms with E-state index in [9.17, 15) is 10.2 Å². The first-order chi connectivity index (χ1) is 8.74.